The summed E-state index contributed by atoms with van der Waals surface area (Å²) in [5, 5.41) is 49.5. The van der Waals surface area contributed by atoms with Crippen LogP contribution in [0, 0.1) is 6.92 Å². The lowest BCUT2D eigenvalue weighted by atomic mass is 9.89. The van der Waals surface area contributed by atoms with Crippen LogP contribution < -0.4 is 4.74 Å². The zero-order valence-corrected chi connectivity index (χ0v) is 14.2. The zero-order valence-electron chi connectivity index (χ0n) is 14.2. The van der Waals surface area contributed by atoms with Gasteiger partial charge in [0.15, 0.2) is 0 Å². The molecule has 1 fully saturated rings. The molecular weight excluding hydrogens is 328 g/mol. The van der Waals surface area contributed by atoms with Gasteiger partial charge < -0.3 is 35.0 Å². The van der Waals surface area contributed by atoms with Crippen LogP contribution in [0.4, 0.5) is 0 Å². The van der Waals surface area contributed by atoms with Crippen molar-refractivity contribution >= 4 is 0 Å². The van der Waals surface area contributed by atoms with E-state index in [1.807, 2.05) is 13.0 Å². The smallest absolute Gasteiger partial charge is 0.229 e. The third-order valence-electron chi connectivity index (χ3n) is 4.87. The maximum atomic E-state index is 10.3. The number of ether oxygens (including phenoxy) is 2. The van der Waals surface area contributed by atoms with Crippen molar-refractivity contribution in [1.29, 1.82) is 0 Å². The van der Waals surface area contributed by atoms with Gasteiger partial charge in [0.1, 0.15) is 35.9 Å². The van der Waals surface area contributed by atoms with Crippen LogP contribution in [0.25, 0.3) is 0 Å². The summed E-state index contributed by atoms with van der Waals surface area (Å²) in [6.45, 7) is 3.23. The quantitative estimate of drug-likeness (QED) is 0.483. The number of hydrogen-bond acceptors (Lipinski definition) is 7. The molecule has 7 heteroatoms. The number of aliphatic hydroxyl groups excluding tert-OH is 4. The molecule has 3 rings (SSSR count). The average Bonchev–Trinajstić information content (AvgIpc) is 2.59. The Labute approximate surface area is 145 Å². The van der Waals surface area contributed by atoms with Gasteiger partial charge in [-0.25, -0.2) is 0 Å². The lowest BCUT2D eigenvalue weighted by Gasteiger charge is -2.40. The van der Waals surface area contributed by atoms with Crippen LogP contribution in [0.5, 0.6) is 11.5 Å². The fraction of sp³-hybridized carbons (Fsp3) is 0.556. The van der Waals surface area contributed by atoms with Crippen LogP contribution >= 0.6 is 0 Å². The van der Waals surface area contributed by atoms with E-state index in [0.717, 1.165) is 16.7 Å². The van der Waals surface area contributed by atoms with Crippen molar-refractivity contribution in [1.82, 2.24) is 0 Å². The Balaban J connectivity index is 1.91. The minimum Gasteiger partial charge on any atom is -0.507 e. The standard InChI is InChI=1S/C18H24O7/c1-8-3-4-10-11(5-8)14(20)9(2)6-12(10)24-18-17(23)16(22)15(21)13(7-19)25-18/h3,6,13,15-23H,4-5,7H2,1-2H3/t13-,15-,16+,17-,18+/m1/s1. The highest BCUT2D eigenvalue weighted by atomic mass is 16.7. The normalized spacial score (nSPS) is 32.1. The van der Waals surface area contributed by atoms with Gasteiger partial charge in [-0.15, -0.1) is 0 Å². The van der Waals surface area contributed by atoms with Gasteiger partial charge in [0.05, 0.1) is 6.61 Å². The van der Waals surface area contributed by atoms with Crippen molar-refractivity contribution in [2.45, 2.75) is 57.4 Å². The molecule has 1 heterocycles. The molecule has 1 aromatic carbocycles. The summed E-state index contributed by atoms with van der Waals surface area (Å²) < 4.78 is 11.2. The van der Waals surface area contributed by atoms with Gasteiger partial charge in [-0.2, -0.15) is 0 Å². The maximum Gasteiger partial charge on any atom is 0.229 e. The molecule has 1 aliphatic carbocycles. The number of rotatable bonds is 3. The average molecular weight is 352 g/mol. The van der Waals surface area contributed by atoms with E-state index in [9.17, 15) is 25.5 Å². The molecule has 7 nitrogen and oxygen atoms in total. The fourth-order valence-electron chi connectivity index (χ4n) is 3.32. The molecule has 0 amide bonds. The molecule has 0 saturated carbocycles. The van der Waals surface area contributed by atoms with Gasteiger partial charge in [-0.05, 0) is 38.3 Å². The number of phenols is 1. The first-order valence-corrected chi connectivity index (χ1v) is 8.30. The number of fused-ring (bicyclic) bond motifs is 1. The third kappa shape index (κ3) is 3.26. The molecule has 1 aromatic rings. The molecule has 0 radical (unpaired) electrons. The van der Waals surface area contributed by atoms with E-state index in [2.05, 4.69) is 0 Å². The van der Waals surface area contributed by atoms with Gasteiger partial charge in [-0.1, -0.05) is 11.6 Å². The first-order valence-electron chi connectivity index (χ1n) is 8.30. The van der Waals surface area contributed by atoms with Crippen molar-refractivity contribution in [2.75, 3.05) is 6.61 Å². The second-order valence-corrected chi connectivity index (χ2v) is 6.74. The van der Waals surface area contributed by atoms with Crippen molar-refractivity contribution < 1.29 is 35.0 Å². The van der Waals surface area contributed by atoms with Crippen molar-refractivity contribution in [2.24, 2.45) is 0 Å². The molecular formula is C18H24O7. The summed E-state index contributed by atoms with van der Waals surface area (Å²) in [4.78, 5) is 0. The predicted molar refractivity (Wildman–Crippen MR) is 88.4 cm³/mol. The molecule has 5 N–H and O–H groups in total. The Morgan fingerprint density at radius 2 is 1.84 bits per heavy atom. The lowest BCUT2D eigenvalue weighted by Crippen LogP contribution is -2.60. The van der Waals surface area contributed by atoms with Gasteiger partial charge in [0.2, 0.25) is 6.29 Å². The number of aromatic hydroxyl groups is 1. The molecule has 0 aromatic heterocycles. The highest BCUT2D eigenvalue weighted by molar-refractivity contribution is 5.56. The Hall–Kier alpha value is -1.64. The largest absolute Gasteiger partial charge is 0.507 e. The highest BCUT2D eigenvalue weighted by Gasteiger charge is 2.45. The Morgan fingerprint density at radius 3 is 2.52 bits per heavy atom. The minimum atomic E-state index is -1.49. The summed E-state index contributed by atoms with van der Waals surface area (Å²) in [6.07, 6.45) is -3.45. The number of benzene rings is 1. The van der Waals surface area contributed by atoms with Crippen LogP contribution in [0.15, 0.2) is 17.7 Å². The van der Waals surface area contributed by atoms with Crippen LogP contribution in [-0.4, -0.2) is 62.8 Å². The van der Waals surface area contributed by atoms with E-state index in [1.165, 1.54) is 0 Å². The zero-order chi connectivity index (χ0) is 18.3. The molecule has 1 saturated heterocycles. The summed E-state index contributed by atoms with van der Waals surface area (Å²) in [6, 6.07) is 1.66. The summed E-state index contributed by atoms with van der Waals surface area (Å²) in [5.74, 6) is 0.669. The number of phenolic OH excluding ortho intramolecular Hbond substituents is 1. The van der Waals surface area contributed by atoms with Crippen LogP contribution in [-0.2, 0) is 17.6 Å². The summed E-state index contributed by atoms with van der Waals surface area (Å²) in [7, 11) is 0. The molecule has 5 atom stereocenters. The summed E-state index contributed by atoms with van der Waals surface area (Å²) in [5.41, 5.74) is 3.35. The van der Waals surface area contributed by atoms with Gasteiger partial charge in [-0.3, -0.25) is 0 Å². The summed E-state index contributed by atoms with van der Waals surface area (Å²) >= 11 is 0. The molecule has 25 heavy (non-hydrogen) atoms. The third-order valence-corrected chi connectivity index (χ3v) is 4.87. The van der Waals surface area contributed by atoms with E-state index in [-0.39, 0.29) is 5.75 Å². The van der Waals surface area contributed by atoms with Crippen LogP contribution in [0.3, 0.4) is 0 Å². The highest BCUT2D eigenvalue weighted by Crippen LogP contribution is 2.39. The number of allylic oxidation sites excluding steroid dienone is 2. The van der Waals surface area contributed by atoms with Crippen molar-refractivity contribution in [3.8, 4) is 11.5 Å². The van der Waals surface area contributed by atoms with E-state index >= 15 is 0 Å². The van der Waals surface area contributed by atoms with Gasteiger partial charge >= 0.3 is 0 Å². The van der Waals surface area contributed by atoms with Crippen LogP contribution in [0.2, 0.25) is 0 Å². The number of aryl methyl sites for hydroxylation is 1. The monoisotopic (exact) mass is 352 g/mol. The Bertz CT molecular complexity index is 682. The number of aliphatic hydroxyl groups is 4. The van der Waals surface area contributed by atoms with Gasteiger partial charge in [0.25, 0.3) is 0 Å². The molecule has 1 aliphatic heterocycles. The van der Waals surface area contributed by atoms with Crippen molar-refractivity contribution in [3.05, 3.63) is 34.4 Å². The Kier molecular flexibility index (Phi) is 5.04. The van der Waals surface area contributed by atoms with E-state index in [1.54, 1.807) is 13.0 Å². The van der Waals surface area contributed by atoms with Gasteiger partial charge in [0, 0.05) is 11.1 Å². The van der Waals surface area contributed by atoms with Crippen molar-refractivity contribution in [3.63, 3.8) is 0 Å². The van der Waals surface area contributed by atoms with Crippen LogP contribution in [0.1, 0.15) is 23.6 Å². The molecule has 0 unspecified atom stereocenters. The SMILES string of the molecule is CC1=CCc2c(O[C@H]3O[C@H](CO)[C@@H](O)[C@H](O)[C@H]3O)cc(C)c(O)c2C1. The fourth-order valence-corrected chi connectivity index (χ4v) is 3.32. The second-order valence-electron chi connectivity index (χ2n) is 6.74. The Morgan fingerprint density at radius 1 is 1.12 bits per heavy atom. The molecule has 0 spiro atoms. The molecule has 2 aliphatic rings. The molecule has 0 bridgehead atoms. The second kappa shape index (κ2) is 6.93. The first kappa shape index (κ1) is 18.2. The molecule has 138 valence electrons. The van der Waals surface area contributed by atoms with E-state index in [4.69, 9.17) is 9.47 Å². The lowest BCUT2D eigenvalue weighted by molar-refractivity contribution is -0.277. The minimum absolute atomic E-state index is 0.226. The van der Waals surface area contributed by atoms with E-state index in [0.29, 0.717) is 24.2 Å². The maximum absolute atomic E-state index is 10.3. The number of hydrogen-bond donors (Lipinski definition) is 5. The van der Waals surface area contributed by atoms with E-state index < -0.39 is 37.3 Å². The first-order chi connectivity index (χ1) is 11.8. The topological polar surface area (TPSA) is 120 Å². The predicted octanol–water partition coefficient (Wildman–Crippen LogP) is -0.0758.